The highest BCUT2D eigenvalue weighted by molar-refractivity contribution is 6.30. The number of nitrogens with zero attached hydrogens (tertiary/aromatic N) is 1. The zero-order valence-corrected chi connectivity index (χ0v) is 12.8. The smallest absolute Gasteiger partial charge is 0.0928 e. The van der Waals surface area contributed by atoms with Gasteiger partial charge in [0, 0.05) is 11.9 Å². The van der Waals surface area contributed by atoms with Gasteiger partial charge in [0.05, 0.1) is 10.6 Å². The molecule has 21 heavy (non-hydrogen) atoms. The number of halogens is 1. The lowest BCUT2D eigenvalue weighted by Gasteiger charge is -2.40. The van der Waals surface area contributed by atoms with Gasteiger partial charge in [-0.2, -0.15) is 0 Å². The lowest BCUT2D eigenvalue weighted by atomic mass is 9.70. The molecule has 0 radical (unpaired) electrons. The van der Waals surface area contributed by atoms with E-state index in [2.05, 4.69) is 4.98 Å². The van der Waals surface area contributed by atoms with Crippen LogP contribution in [-0.2, 0) is 12.0 Å². The third kappa shape index (κ3) is 3.12. The van der Waals surface area contributed by atoms with Crippen molar-refractivity contribution >= 4 is 11.6 Å². The van der Waals surface area contributed by atoms with Crippen LogP contribution in [0.15, 0.2) is 48.7 Å². The van der Waals surface area contributed by atoms with E-state index < -0.39 is 5.60 Å². The molecule has 1 aromatic carbocycles. The molecule has 0 unspecified atom stereocenters. The molecule has 2 atom stereocenters. The molecule has 1 aromatic heterocycles. The monoisotopic (exact) mass is 301 g/mol. The van der Waals surface area contributed by atoms with E-state index in [1.165, 1.54) is 6.42 Å². The van der Waals surface area contributed by atoms with E-state index in [1.807, 2.05) is 42.5 Å². The molecule has 2 aromatic rings. The van der Waals surface area contributed by atoms with Gasteiger partial charge in [-0.05, 0) is 42.9 Å². The van der Waals surface area contributed by atoms with Crippen molar-refractivity contribution in [3.63, 3.8) is 0 Å². The Morgan fingerprint density at radius 1 is 1.14 bits per heavy atom. The number of benzene rings is 1. The molecule has 1 aliphatic carbocycles. The number of pyridine rings is 1. The Balaban J connectivity index is 1.86. The minimum atomic E-state index is -0.735. The molecular weight excluding hydrogens is 282 g/mol. The molecule has 3 rings (SSSR count). The maximum Gasteiger partial charge on any atom is 0.0928 e. The average Bonchev–Trinajstić information content (AvgIpc) is 2.53. The van der Waals surface area contributed by atoms with Crippen LogP contribution in [0.5, 0.6) is 0 Å². The molecule has 0 bridgehead atoms. The van der Waals surface area contributed by atoms with Crippen molar-refractivity contribution < 1.29 is 5.11 Å². The van der Waals surface area contributed by atoms with E-state index in [1.54, 1.807) is 6.20 Å². The minimum absolute atomic E-state index is 0.210. The molecule has 2 nitrogen and oxygen atoms in total. The maximum atomic E-state index is 11.3. The molecule has 1 fully saturated rings. The normalized spacial score (nSPS) is 25.7. The standard InChI is InChI=1S/C18H20ClNO/c19-16-9-10-17(20-13-16)12-15-8-4-5-11-18(15,21)14-6-2-1-3-7-14/h1-3,6-7,9-10,13,15,21H,4-5,8,11-12H2/t15-,18+/m1/s1. The molecule has 1 heterocycles. The Morgan fingerprint density at radius 2 is 1.95 bits per heavy atom. The maximum absolute atomic E-state index is 11.3. The van der Waals surface area contributed by atoms with Crippen LogP contribution in [0, 0.1) is 5.92 Å². The van der Waals surface area contributed by atoms with Crippen LogP contribution < -0.4 is 0 Å². The van der Waals surface area contributed by atoms with Gasteiger partial charge in [0.15, 0.2) is 0 Å². The van der Waals surface area contributed by atoms with Crippen molar-refractivity contribution in [1.29, 1.82) is 0 Å². The summed E-state index contributed by atoms with van der Waals surface area (Å²) in [5, 5.41) is 11.9. The highest BCUT2D eigenvalue weighted by Crippen LogP contribution is 2.43. The van der Waals surface area contributed by atoms with Crippen molar-refractivity contribution in [2.45, 2.75) is 37.7 Å². The summed E-state index contributed by atoms with van der Waals surface area (Å²) in [6.07, 6.45) is 6.60. The fourth-order valence-corrected chi connectivity index (χ4v) is 3.50. The molecule has 3 heteroatoms. The summed E-state index contributed by atoms with van der Waals surface area (Å²) in [6, 6.07) is 13.9. The van der Waals surface area contributed by atoms with Crippen LogP contribution in [0.1, 0.15) is 36.9 Å². The SMILES string of the molecule is O[C@]1(c2ccccc2)CCCC[C@@H]1Cc1ccc(Cl)cn1. The van der Waals surface area contributed by atoms with Crippen LogP contribution in [0.4, 0.5) is 0 Å². The highest BCUT2D eigenvalue weighted by atomic mass is 35.5. The molecule has 0 aliphatic heterocycles. The first kappa shape index (κ1) is 14.6. The summed E-state index contributed by atoms with van der Waals surface area (Å²) < 4.78 is 0. The van der Waals surface area contributed by atoms with E-state index >= 15 is 0 Å². The predicted molar refractivity (Wildman–Crippen MR) is 85.2 cm³/mol. The lowest BCUT2D eigenvalue weighted by molar-refractivity contribution is -0.0545. The van der Waals surface area contributed by atoms with Gasteiger partial charge in [0.2, 0.25) is 0 Å². The second-order valence-corrected chi connectivity index (χ2v) is 6.34. The third-order valence-electron chi connectivity index (χ3n) is 4.55. The predicted octanol–water partition coefficient (Wildman–Crippen LogP) is 4.36. The summed E-state index contributed by atoms with van der Waals surface area (Å²) in [5.74, 6) is 0.210. The first-order valence-corrected chi connectivity index (χ1v) is 7.94. The summed E-state index contributed by atoms with van der Waals surface area (Å²) in [4.78, 5) is 4.39. The Labute approximate surface area is 130 Å². The molecule has 1 saturated carbocycles. The van der Waals surface area contributed by atoms with Crippen LogP contribution in [0.25, 0.3) is 0 Å². The van der Waals surface area contributed by atoms with Crippen molar-refractivity contribution in [2.24, 2.45) is 5.92 Å². The minimum Gasteiger partial charge on any atom is -0.385 e. The third-order valence-corrected chi connectivity index (χ3v) is 4.78. The molecular formula is C18H20ClNO. The fourth-order valence-electron chi connectivity index (χ4n) is 3.39. The van der Waals surface area contributed by atoms with Crippen LogP contribution in [0.3, 0.4) is 0 Å². The van der Waals surface area contributed by atoms with E-state index in [9.17, 15) is 5.11 Å². The van der Waals surface area contributed by atoms with Gasteiger partial charge in [-0.25, -0.2) is 0 Å². The summed E-state index contributed by atoms with van der Waals surface area (Å²) in [6.45, 7) is 0. The van der Waals surface area contributed by atoms with Gasteiger partial charge in [-0.1, -0.05) is 54.8 Å². The van der Waals surface area contributed by atoms with E-state index in [4.69, 9.17) is 11.6 Å². The lowest BCUT2D eigenvalue weighted by Crippen LogP contribution is -2.39. The van der Waals surface area contributed by atoms with E-state index in [0.29, 0.717) is 5.02 Å². The Kier molecular flexibility index (Phi) is 4.27. The first-order chi connectivity index (χ1) is 10.2. The highest BCUT2D eigenvalue weighted by Gasteiger charge is 2.40. The number of hydrogen-bond acceptors (Lipinski definition) is 2. The van der Waals surface area contributed by atoms with Crippen molar-refractivity contribution in [3.8, 4) is 0 Å². The topological polar surface area (TPSA) is 33.1 Å². The van der Waals surface area contributed by atoms with Crippen molar-refractivity contribution in [3.05, 3.63) is 64.9 Å². The average molecular weight is 302 g/mol. The Morgan fingerprint density at radius 3 is 2.67 bits per heavy atom. The second-order valence-electron chi connectivity index (χ2n) is 5.90. The van der Waals surface area contributed by atoms with Gasteiger partial charge in [-0.15, -0.1) is 0 Å². The van der Waals surface area contributed by atoms with Gasteiger partial charge >= 0.3 is 0 Å². The number of hydrogen-bond donors (Lipinski definition) is 1. The molecule has 1 aliphatic rings. The zero-order valence-electron chi connectivity index (χ0n) is 12.0. The largest absolute Gasteiger partial charge is 0.385 e. The summed E-state index contributed by atoms with van der Waals surface area (Å²) in [5.41, 5.74) is 1.30. The molecule has 0 amide bonds. The van der Waals surface area contributed by atoms with Gasteiger partial charge < -0.3 is 5.11 Å². The number of rotatable bonds is 3. The quantitative estimate of drug-likeness (QED) is 0.914. The van der Waals surface area contributed by atoms with Gasteiger partial charge in [-0.3, -0.25) is 4.98 Å². The van der Waals surface area contributed by atoms with Crippen molar-refractivity contribution in [1.82, 2.24) is 4.98 Å². The zero-order chi connectivity index (χ0) is 14.7. The fraction of sp³-hybridized carbons (Fsp3) is 0.389. The van der Waals surface area contributed by atoms with Crippen LogP contribution >= 0.6 is 11.6 Å². The number of aliphatic hydroxyl groups is 1. The first-order valence-electron chi connectivity index (χ1n) is 7.57. The summed E-state index contributed by atoms with van der Waals surface area (Å²) >= 11 is 5.89. The van der Waals surface area contributed by atoms with E-state index in [-0.39, 0.29) is 5.92 Å². The molecule has 1 N–H and O–H groups in total. The Bertz CT molecular complexity index is 584. The summed E-state index contributed by atoms with van der Waals surface area (Å²) in [7, 11) is 0. The Hall–Kier alpha value is -1.38. The van der Waals surface area contributed by atoms with Gasteiger partial charge in [0.25, 0.3) is 0 Å². The van der Waals surface area contributed by atoms with Crippen LogP contribution in [0.2, 0.25) is 5.02 Å². The molecule has 0 saturated heterocycles. The van der Waals surface area contributed by atoms with E-state index in [0.717, 1.165) is 36.9 Å². The van der Waals surface area contributed by atoms with Crippen molar-refractivity contribution in [2.75, 3.05) is 0 Å². The van der Waals surface area contributed by atoms with Gasteiger partial charge in [0.1, 0.15) is 0 Å². The second kappa shape index (κ2) is 6.17. The van der Waals surface area contributed by atoms with Crippen LogP contribution in [-0.4, -0.2) is 10.1 Å². The molecule has 110 valence electrons. The number of aromatic nitrogens is 1. The molecule has 0 spiro atoms.